The van der Waals surface area contributed by atoms with Crippen LogP contribution in [0.25, 0.3) is 0 Å². The summed E-state index contributed by atoms with van der Waals surface area (Å²) in [5, 5.41) is 26.3. The summed E-state index contributed by atoms with van der Waals surface area (Å²) in [7, 11) is 0. The van der Waals surface area contributed by atoms with Crippen LogP contribution in [0.15, 0.2) is 0 Å². The number of carbonyl (C=O) groups excluding carboxylic acids is 7. The molecule has 49 heavy (non-hydrogen) atoms. The second kappa shape index (κ2) is 25.1. The Morgan fingerprint density at radius 1 is 0.633 bits per heavy atom. The smallest absolute Gasteiger partial charge is 0.326 e. The van der Waals surface area contributed by atoms with E-state index in [9.17, 15) is 43.5 Å². The number of aliphatic carboxylic acids is 1. The molecule has 0 bridgehead atoms. The van der Waals surface area contributed by atoms with Crippen molar-refractivity contribution in [1.29, 1.82) is 0 Å². The van der Waals surface area contributed by atoms with Crippen molar-refractivity contribution >= 4 is 96.1 Å². The summed E-state index contributed by atoms with van der Waals surface area (Å²) in [4.78, 5) is 99.3. The molecule has 0 aliphatic heterocycles. The maximum Gasteiger partial charge on any atom is 0.326 e. The van der Waals surface area contributed by atoms with Crippen LogP contribution in [0, 0.1) is 5.92 Å². The quantitative estimate of drug-likeness (QED) is 0.0442. The lowest BCUT2D eigenvalue weighted by Gasteiger charge is -2.24. The van der Waals surface area contributed by atoms with Gasteiger partial charge < -0.3 is 48.1 Å². The molecule has 0 rings (SSSR count). The SMILES string of the molecule is CSCC[C@H](NC(=O)[C@H](CS)NC(=O)[C@H](CS)NC(=O)CNC(=O)[C@@H](NC(=O)CNC(=O)[C@H](C)NC(=O)[C@@H](N)CCSC)C(C)C)C(=O)O. The minimum absolute atomic E-state index is 0.162. The van der Waals surface area contributed by atoms with E-state index in [0.717, 1.165) is 0 Å². The van der Waals surface area contributed by atoms with Crippen molar-refractivity contribution in [2.24, 2.45) is 11.7 Å². The first kappa shape index (κ1) is 46.1. The number of hydrogen-bond acceptors (Lipinski definition) is 13. The Morgan fingerprint density at radius 3 is 1.59 bits per heavy atom. The van der Waals surface area contributed by atoms with Gasteiger partial charge in [-0.3, -0.25) is 33.6 Å². The van der Waals surface area contributed by atoms with E-state index in [-0.39, 0.29) is 17.9 Å². The summed E-state index contributed by atoms with van der Waals surface area (Å²) >= 11 is 11.1. The van der Waals surface area contributed by atoms with Crippen LogP contribution in [0.2, 0.25) is 0 Å². The first-order valence-corrected chi connectivity index (χ1v) is 19.3. The minimum Gasteiger partial charge on any atom is -0.480 e. The Hall–Kier alpha value is -2.88. The standard InChI is InChI=1S/C28H50N8O9S4/c1-14(2)22(36-21(38)11-30-23(39)15(3)32-24(40)16(29)6-8-48-4)27(43)31-10-20(37)33-18(12-46)25(41)35-19(13-47)26(42)34-17(28(44)45)7-9-49-5/h14-19,22,46-47H,6-13,29H2,1-5H3,(H,30,39)(H,31,43)(H,32,40)(H,33,37)(H,34,42)(H,35,41)(H,36,38)(H,44,45)/t15-,16-,17-,18-,19-,22-/m0/s1. The summed E-state index contributed by atoms with van der Waals surface area (Å²) in [5.74, 6) is -5.71. The fourth-order valence-electron chi connectivity index (χ4n) is 3.79. The second-order valence-corrected chi connectivity index (χ2v) is 13.8. The highest BCUT2D eigenvalue weighted by Gasteiger charge is 2.29. The van der Waals surface area contributed by atoms with Crippen LogP contribution >= 0.6 is 48.8 Å². The van der Waals surface area contributed by atoms with Crippen LogP contribution in [0.5, 0.6) is 0 Å². The molecule has 0 saturated heterocycles. The van der Waals surface area contributed by atoms with E-state index in [2.05, 4.69) is 62.5 Å². The third-order valence-electron chi connectivity index (χ3n) is 6.71. The molecular formula is C28H50N8O9S4. The van der Waals surface area contributed by atoms with E-state index < -0.39 is 103 Å². The third-order valence-corrected chi connectivity index (χ3v) is 8.73. The normalized spacial score (nSPS) is 14.6. The van der Waals surface area contributed by atoms with E-state index in [1.807, 2.05) is 6.26 Å². The van der Waals surface area contributed by atoms with Crippen LogP contribution in [-0.4, -0.2) is 137 Å². The van der Waals surface area contributed by atoms with Gasteiger partial charge in [0.25, 0.3) is 0 Å². The highest BCUT2D eigenvalue weighted by atomic mass is 32.2. The Kier molecular flexibility index (Phi) is 23.7. The molecule has 280 valence electrons. The van der Waals surface area contributed by atoms with Crippen molar-refractivity contribution in [2.75, 3.05) is 48.6 Å². The molecule has 0 aromatic heterocycles. The Balaban J connectivity index is 5.00. The summed E-state index contributed by atoms with van der Waals surface area (Å²) < 4.78 is 0. The first-order chi connectivity index (χ1) is 23.0. The van der Waals surface area contributed by atoms with Gasteiger partial charge in [0.05, 0.1) is 19.1 Å². The summed E-state index contributed by atoms with van der Waals surface area (Å²) in [6.07, 6.45) is 4.27. The lowest BCUT2D eigenvalue weighted by atomic mass is 10.0. The number of amides is 7. The second-order valence-electron chi connectivity index (χ2n) is 11.1. The Morgan fingerprint density at radius 2 is 1.10 bits per heavy atom. The Labute approximate surface area is 305 Å². The van der Waals surface area contributed by atoms with Crippen molar-refractivity contribution in [3.63, 3.8) is 0 Å². The van der Waals surface area contributed by atoms with Gasteiger partial charge in [-0.2, -0.15) is 48.8 Å². The molecule has 0 spiro atoms. The number of thioether (sulfide) groups is 2. The van der Waals surface area contributed by atoms with E-state index in [4.69, 9.17) is 5.73 Å². The molecule has 0 saturated carbocycles. The van der Waals surface area contributed by atoms with E-state index in [1.54, 1.807) is 20.1 Å². The molecule has 0 aromatic rings. The van der Waals surface area contributed by atoms with Gasteiger partial charge in [-0.25, -0.2) is 4.79 Å². The lowest BCUT2D eigenvalue weighted by molar-refractivity contribution is -0.142. The molecule has 0 unspecified atom stereocenters. The van der Waals surface area contributed by atoms with Crippen LogP contribution in [0.1, 0.15) is 33.6 Å². The van der Waals surface area contributed by atoms with Crippen molar-refractivity contribution in [3.8, 4) is 0 Å². The van der Waals surface area contributed by atoms with Gasteiger partial charge in [-0.15, -0.1) is 0 Å². The number of thiol groups is 2. The zero-order valence-electron chi connectivity index (χ0n) is 28.2. The molecule has 21 heteroatoms. The van der Waals surface area contributed by atoms with Crippen LogP contribution in [-0.2, 0) is 38.4 Å². The first-order valence-electron chi connectivity index (χ1n) is 15.3. The molecule has 6 atom stereocenters. The molecule has 17 nitrogen and oxygen atoms in total. The molecular weight excluding hydrogens is 721 g/mol. The molecule has 0 fully saturated rings. The number of carbonyl (C=O) groups is 8. The summed E-state index contributed by atoms with van der Waals surface area (Å²) in [6, 6.07) is -6.43. The topological polar surface area (TPSA) is 267 Å². The fraction of sp³-hybridized carbons (Fsp3) is 0.714. The fourth-order valence-corrected chi connectivity index (χ4v) is 5.27. The lowest BCUT2D eigenvalue weighted by Crippen LogP contribution is -2.58. The van der Waals surface area contributed by atoms with Gasteiger partial charge in [-0.05, 0) is 49.7 Å². The number of hydrogen-bond donors (Lipinski definition) is 11. The molecule has 0 radical (unpaired) electrons. The molecule has 7 amide bonds. The average molecular weight is 771 g/mol. The summed E-state index contributed by atoms with van der Waals surface area (Å²) in [5.41, 5.74) is 5.80. The number of carboxylic acid groups (broad SMARTS) is 1. The van der Waals surface area contributed by atoms with E-state index in [1.165, 1.54) is 30.4 Å². The molecule has 0 aliphatic carbocycles. The highest BCUT2D eigenvalue weighted by Crippen LogP contribution is 2.04. The zero-order valence-corrected chi connectivity index (χ0v) is 31.6. The van der Waals surface area contributed by atoms with Gasteiger partial charge in [0.1, 0.15) is 30.2 Å². The van der Waals surface area contributed by atoms with Crippen LogP contribution in [0.4, 0.5) is 0 Å². The average Bonchev–Trinajstić information content (AvgIpc) is 3.06. The molecule has 0 heterocycles. The van der Waals surface area contributed by atoms with Gasteiger partial charge in [0, 0.05) is 11.5 Å². The maximum atomic E-state index is 12.8. The maximum absolute atomic E-state index is 12.8. The van der Waals surface area contributed by atoms with Crippen molar-refractivity contribution in [3.05, 3.63) is 0 Å². The Bertz CT molecular complexity index is 1150. The zero-order chi connectivity index (χ0) is 37.7. The highest BCUT2D eigenvalue weighted by molar-refractivity contribution is 7.98. The van der Waals surface area contributed by atoms with Gasteiger partial charge in [0.2, 0.25) is 41.4 Å². The number of rotatable bonds is 24. The van der Waals surface area contributed by atoms with Gasteiger partial charge in [0.15, 0.2) is 0 Å². The molecule has 10 N–H and O–H groups in total. The van der Waals surface area contributed by atoms with Gasteiger partial charge >= 0.3 is 5.97 Å². The largest absolute Gasteiger partial charge is 0.480 e. The molecule has 0 aromatic carbocycles. The number of nitrogens with one attached hydrogen (secondary N) is 7. The van der Waals surface area contributed by atoms with Crippen molar-refractivity contribution in [1.82, 2.24) is 37.2 Å². The van der Waals surface area contributed by atoms with Crippen molar-refractivity contribution in [2.45, 2.75) is 69.9 Å². The van der Waals surface area contributed by atoms with E-state index >= 15 is 0 Å². The predicted octanol–water partition coefficient (Wildman–Crippen LogP) is -2.90. The number of carboxylic acids is 1. The molecule has 0 aliphatic rings. The minimum atomic E-state index is -1.23. The summed E-state index contributed by atoms with van der Waals surface area (Å²) in [6.45, 7) is 3.67. The predicted molar refractivity (Wildman–Crippen MR) is 196 cm³/mol. The number of nitrogens with two attached hydrogens (primary N) is 1. The van der Waals surface area contributed by atoms with Crippen LogP contribution in [0.3, 0.4) is 0 Å². The van der Waals surface area contributed by atoms with Crippen molar-refractivity contribution < 1.29 is 43.5 Å². The monoisotopic (exact) mass is 770 g/mol. The van der Waals surface area contributed by atoms with Gasteiger partial charge in [-0.1, -0.05) is 13.8 Å². The third kappa shape index (κ3) is 18.6. The van der Waals surface area contributed by atoms with Crippen LogP contribution < -0.4 is 43.0 Å². The van der Waals surface area contributed by atoms with E-state index in [0.29, 0.717) is 17.9 Å².